The maximum atomic E-state index is 6.08. The molecule has 0 saturated heterocycles. The Morgan fingerprint density at radius 3 is 2.62 bits per heavy atom. The van der Waals surface area contributed by atoms with E-state index in [4.69, 9.17) is 5.73 Å². The molecule has 1 heteroatoms. The first-order valence-corrected chi connectivity index (χ1v) is 5.10. The summed E-state index contributed by atoms with van der Waals surface area (Å²) in [5, 5.41) is 0. The molecule has 0 radical (unpaired) electrons. The molecular weight excluding hydrogens is 158 g/mol. The van der Waals surface area contributed by atoms with Gasteiger partial charge in [-0.1, -0.05) is 30.7 Å². The van der Waals surface area contributed by atoms with E-state index in [-0.39, 0.29) is 0 Å². The quantitative estimate of drug-likeness (QED) is 0.697. The molecule has 1 aromatic carbocycles. The molecule has 0 heterocycles. The second-order valence-electron chi connectivity index (χ2n) is 4.06. The van der Waals surface area contributed by atoms with Crippen molar-refractivity contribution in [2.75, 3.05) is 0 Å². The summed E-state index contributed by atoms with van der Waals surface area (Å²) in [6, 6.07) is 9.01. The second-order valence-corrected chi connectivity index (χ2v) is 4.06. The van der Waals surface area contributed by atoms with Crippen LogP contribution in [-0.2, 0) is 0 Å². The Kier molecular flexibility index (Phi) is 2.36. The van der Waals surface area contributed by atoms with Crippen LogP contribution in [0.2, 0.25) is 0 Å². The van der Waals surface area contributed by atoms with Gasteiger partial charge in [-0.15, -0.1) is 0 Å². The van der Waals surface area contributed by atoms with E-state index in [1.807, 2.05) is 0 Å². The highest BCUT2D eigenvalue weighted by atomic mass is 14.7. The minimum absolute atomic E-state index is 0.390. The smallest absolute Gasteiger partial charge is 0.0108 e. The predicted molar refractivity (Wildman–Crippen MR) is 55.7 cm³/mol. The van der Waals surface area contributed by atoms with Crippen LogP contribution in [0.5, 0.6) is 0 Å². The van der Waals surface area contributed by atoms with E-state index >= 15 is 0 Å². The molecule has 13 heavy (non-hydrogen) atoms. The van der Waals surface area contributed by atoms with E-state index in [0.717, 1.165) is 0 Å². The Morgan fingerprint density at radius 2 is 2.00 bits per heavy atom. The SMILES string of the molecule is Cc1ccccc1[C@H]1CCC[C@H]1N. The molecule has 1 aliphatic carbocycles. The summed E-state index contributed by atoms with van der Waals surface area (Å²) in [7, 11) is 0. The molecule has 0 bridgehead atoms. The summed E-state index contributed by atoms with van der Waals surface area (Å²) in [6.45, 7) is 2.18. The molecule has 2 atom stereocenters. The number of nitrogens with two attached hydrogens (primary N) is 1. The monoisotopic (exact) mass is 175 g/mol. The molecule has 0 aliphatic heterocycles. The van der Waals surface area contributed by atoms with Gasteiger partial charge in [0.2, 0.25) is 0 Å². The average molecular weight is 175 g/mol. The van der Waals surface area contributed by atoms with Crippen LogP contribution in [-0.4, -0.2) is 6.04 Å². The lowest BCUT2D eigenvalue weighted by Crippen LogP contribution is -2.23. The lowest BCUT2D eigenvalue weighted by molar-refractivity contribution is 0.610. The highest BCUT2D eigenvalue weighted by molar-refractivity contribution is 5.31. The van der Waals surface area contributed by atoms with E-state index in [1.54, 1.807) is 0 Å². The van der Waals surface area contributed by atoms with Gasteiger partial charge in [-0.05, 0) is 36.8 Å². The van der Waals surface area contributed by atoms with E-state index in [0.29, 0.717) is 12.0 Å². The van der Waals surface area contributed by atoms with E-state index in [1.165, 1.54) is 30.4 Å². The molecule has 2 rings (SSSR count). The maximum absolute atomic E-state index is 6.08. The van der Waals surface area contributed by atoms with Gasteiger partial charge in [0.05, 0.1) is 0 Å². The van der Waals surface area contributed by atoms with Crippen molar-refractivity contribution in [2.24, 2.45) is 5.73 Å². The Hall–Kier alpha value is -0.820. The van der Waals surface area contributed by atoms with Crippen molar-refractivity contribution in [3.8, 4) is 0 Å². The molecule has 1 saturated carbocycles. The van der Waals surface area contributed by atoms with Crippen molar-refractivity contribution < 1.29 is 0 Å². The first-order chi connectivity index (χ1) is 6.29. The molecule has 2 N–H and O–H groups in total. The lowest BCUT2D eigenvalue weighted by Gasteiger charge is -2.17. The third kappa shape index (κ3) is 1.61. The maximum Gasteiger partial charge on any atom is 0.0108 e. The Bertz CT molecular complexity index is 293. The zero-order chi connectivity index (χ0) is 9.26. The molecule has 1 aromatic rings. The van der Waals surface area contributed by atoms with Crippen LogP contribution >= 0.6 is 0 Å². The van der Waals surface area contributed by atoms with Crippen molar-refractivity contribution in [1.29, 1.82) is 0 Å². The van der Waals surface area contributed by atoms with Crippen molar-refractivity contribution in [3.63, 3.8) is 0 Å². The normalized spacial score (nSPS) is 27.8. The zero-order valence-electron chi connectivity index (χ0n) is 8.16. The van der Waals surface area contributed by atoms with Crippen molar-refractivity contribution in [3.05, 3.63) is 35.4 Å². The molecule has 0 aromatic heterocycles. The van der Waals surface area contributed by atoms with E-state index in [2.05, 4.69) is 31.2 Å². The fourth-order valence-corrected chi connectivity index (χ4v) is 2.38. The minimum Gasteiger partial charge on any atom is -0.327 e. The molecule has 0 amide bonds. The topological polar surface area (TPSA) is 26.0 Å². The van der Waals surface area contributed by atoms with Crippen LogP contribution in [0.4, 0.5) is 0 Å². The van der Waals surface area contributed by atoms with Crippen LogP contribution in [0.1, 0.15) is 36.3 Å². The Morgan fingerprint density at radius 1 is 1.23 bits per heavy atom. The number of benzene rings is 1. The van der Waals surface area contributed by atoms with E-state index in [9.17, 15) is 0 Å². The zero-order valence-corrected chi connectivity index (χ0v) is 8.16. The Balaban J connectivity index is 2.29. The molecule has 1 fully saturated rings. The summed E-state index contributed by atoms with van der Waals surface area (Å²) in [4.78, 5) is 0. The third-order valence-electron chi connectivity index (χ3n) is 3.16. The summed E-state index contributed by atoms with van der Waals surface area (Å²) < 4.78 is 0. The van der Waals surface area contributed by atoms with Crippen LogP contribution in [0, 0.1) is 6.92 Å². The highest BCUT2D eigenvalue weighted by Crippen LogP contribution is 2.34. The van der Waals surface area contributed by atoms with Crippen molar-refractivity contribution in [1.82, 2.24) is 0 Å². The van der Waals surface area contributed by atoms with Crippen molar-refractivity contribution in [2.45, 2.75) is 38.1 Å². The third-order valence-corrected chi connectivity index (χ3v) is 3.16. The molecule has 1 aliphatic rings. The van der Waals surface area contributed by atoms with Crippen LogP contribution in [0.15, 0.2) is 24.3 Å². The van der Waals surface area contributed by atoms with Gasteiger partial charge >= 0.3 is 0 Å². The van der Waals surface area contributed by atoms with Gasteiger partial charge < -0.3 is 5.73 Å². The van der Waals surface area contributed by atoms with Gasteiger partial charge in [0.1, 0.15) is 0 Å². The van der Waals surface area contributed by atoms with Crippen LogP contribution in [0.25, 0.3) is 0 Å². The van der Waals surface area contributed by atoms with Crippen LogP contribution in [0.3, 0.4) is 0 Å². The summed E-state index contributed by atoms with van der Waals surface area (Å²) >= 11 is 0. The van der Waals surface area contributed by atoms with E-state index < -0.39 is 0 Å². The molecule has 0 unspecified atom stereocenters. The Labute approximate surface area is 80.0 Å². The summed E-state index contributed by atoms with van der Waals surface area (Å²) in [6.07, 6.45) is 3.76. The molecule has 1 nitrogen and oxygen atoms in total. The summed E-state index contributed by atoms with van der Waals surface area (Å²) in [5.41, 5.74) is 8.94. The molecule has 70 valence electrons. The van der Waals surface area contributed by atoms with Gasteiger partial charge in [0.25, 0.3) is 0 Å². The minimum atomic E-state index is 0.390. The van der Waals surface area contributed by atoms with Gasteiger partial charge in [0.15, 0.2) is 0 Å². The number of aryl methyl sites for hydroxylation is 1. The second kappa shape index (κ2) is 3.51. The fourth-order valence-electron chi connectivity index (χ4n) is 2.38. The standard InChI is InChI=1S/C12H17N/c1-9-5-2-3-6-10(9)11-7-4-8-12(11)13/h2-3,5-6,11-12H,4,7-8,13H2,1H3/t11-,12-/m1/s1. The molecular formula is C12H17N. The molecule has 0 spiro atoms. The fraction of sp³-hybridized carbons (Fsp3) is 0.500. The van der Waals surface area contributed by atoms with Crippen molar-refractivity contribution >= 4 is 0 Å². The number of hydrogen-bond donors (Lipinski definition) is 1. The predicted octanol–water partition coefficient (Wildman–Crippen LogP) is 2.59. The number of hydrogen-bond acceptors (Lipinski definition) is 1. The highest BCUT2D eigenvalue weighted by Gasteiger charge is 2.25. The lowest BCUT2D eigenvalue weighted by atomic mass is 9.91. The first-order valence-electron chi connectivity index (χ1n) is 5.10. The summed E-state index contributed by atoms with van der Waals surface area (Å²) in [5.74, 6) is 0.612. The van der Waals surface area contributed by atoms with Gasteiger partial charge in [-0.25, -0.2) is 0 Å². The van der Waals surface area contributed by atoms with Gasteiger partial charge in [0, 0.05) is 6.04 Å². The van der Waals surface area contributed by atoms with Gasteiger partial charge in [-0.3, -0.25) is 0 Å². The van der Waals surface area contributed by atoms with Crippen LogP contribution < -0.4 is 5.73 Å². The largest absolute Gasteiger partial charge is 0.327 e. The first kappa shape index (κ1) is 8.76. The average Bonchev–Trinajstić information content (AvgIpc) is 2.52. The van der Waals surface area contributed by atoms with Gasteiger partial charge in [-0.2, -0.15) is 0 Å². The number of rotatable bonds is 1.